The zero-order valence-electron chi connectivity index (χ0n) is 16.8. The molecule has 1 amide bonds. The first-order valence-electron chi connectivity index (χ1n) is 9.63. The topological polar surface area (TPSA) is 100 Å². The maximum absolute atomic E-state index is 13.4. The number of anilines is 1. The largest absolute Gasteiger partial charge is 0.332 e. The van der Waals surface area contributed by atoms with Gasteiger partial charge in [-0.15, -0.1) is 0 Å². The minimum absolute atomic E-state index is 0.126. The Morgan fingerprint density at radius 1 is 1.17 bits per heavy atom. The molecule has 1 fully saturated rings. The lowest BCUT2D eigenvalue weighted by atomic mass is 10.1. The third kappa shape index (κ3) is 3.73. The van der Waals surface area contributed by atoms with Crippen molar-refractivity contribution in [3.05, 3.63) is 65.6 Å². The minimum Gasteiger partial charge on any atom is -0.332 e. The Kier molecular flexibility index (Phi) is 5.41. The van der Waals surface area contributed by atoms with Crippen molar-refractivity contribution in [1.29, 1.82) is 5.26 Å². The summed E-state index contributed by atoms with van der Waals surface area (Å²) in [5, 5.41) is 19.3. The molecule has 0 spiro atoms. The molecule has 0 bridgehead atoms. The molecule has 3 aromatic rings. The first-order chi connectivity index (χ1) is 14.6. The summed E-state index contributed by atoms with van der Waals surface area (Å²) >= 11 is 0. The second-order valence-electron chi connectivity index (χ2n) is 7.02. The van der Waals surface area contributed by atoms with E-state index in [0.717, 1.165) is 5.69 Å². The van der Waals surface area contributed by atoms with Gasteiger partial charge in [0.05, 0.1) is 48.4 Å². The molecule has 1 saturated heterocycles. The quantitative estimate of drug-likeness (QED) is 0.660. The number of rotatable bonds is 3. The smallest absolute Gasteiger partial charge is 0.256 e. The molecule has 1 atom stereocenters. The Morgan fingerprint density at radius 3 is 2.70 bits per heavy atom. The van der Waals surface area contributed by atoms with Gasteiger partial charge in [0.1, 0.15) is 6.07 Å². The number of nitriles is 1. The average Bonchev–Trinajstić information content (AvgIpc) is 3.23. The fourth-order valence-electron chi connectivity index (χ4n) is 3.38. The highest BCUT2D eigenvalue weighted by molar-refractivity contribution is 5.98. The van der Waals surface area contributed by atoms with Crippen LogP contribution in [0.4, 0.5) is 5.82 Å². The number of para-hydroxylation sites is 1. The van der Waals surface area contributed by atoms with Crippen LogP contribution in [-0.4, -0.2) is 56.5 Å². The molecule has 1 aromatic carbocycles. The van der Waals surface area contributed by atoms with E-state index >= 15 is 0 Å². The molecule has 30 heavy (non-hydrogen) atoms. The Labute approximate surface area is 174 Å². The van der Waals surface area contributed by atoms with E-state index in [4.69, 9.17) is 4.84 Å². The van der Waals surface area contributed by atoms with Crippen molar-refractivity contribution in [3.63, 3.8) is 0 Å². The van der Waals surface area contributed by atoms with Crippen molar-refractivity contribution >= 4 is 11.7 Å². The van der Waals surface area contributed by atoms with Crippen molar-refractivity contribution < 1.29 is 9.63 Å². The van der Waals surface area contributed by atoms with Crippen molar-refractivity contribution in [2.24, 2.45) is 0 Å². The Balaban J connectivity index is 1.60. The van der Waals surface area contributed by atoms with Crippen LogP contribution in [0, 0.1) is 18.3 Å². The highest BCUT2D eigenvalue weighted by Gasteiger charge is 2.29. The molecule has 152 valence electrons. The third-order valence-electron chi connectivity index (χ3n) is 4.95. The predicted octanol–water partition coefficient (Wildman–Crippen LogP) is 2.12. The lowest BCUT2D eigenvalue weighted by Gasteiger charge is -2.26. The monoisotopic (exact) mass is 403 g/mol. The summed E-state index contributed by atoms with van der Waals surface area (Å²) in [5.41, 5.74) is 2.36. The SMILES string of the molecule is Cc1ccc(C#N)c(N2CCN(C(=O)c3ccccc3-n3nccn3)[C@H](C)CO2)n1. The molecular weight excluding hydrogens is 382 g/mol. The highest BCUT2D eigenvalue weighted by atomic mass is 16.7. The summed E-state index contributed by atoms with van der Waals surface area (Å²) in [6, 6.07) is 12.8. The maximum atomic E-state index is 13.4. The molecule has 0 saturated carbocycles. The standard InChI is InChI=1S/C21H21N7O2/c1-15-7-8-17(13-22)20(25-15)27-12-11-26(16(2)14-30-27)21(29)18-5-3-4-6-19(18)28-23-9-10-24-28/h3-10,16H,11-12,14H2,1-2H3/t16-/m1/s1. The zero-order chi connectivity index (χ0) is 21.1. The average molecular weight is 403 g/mol. The normalized spacial score (nSPS) is 16.8. The molecule has 1 aliphatic heterocycles. The van der Waals surface area contributed by atoms with Crippen LogP contribution in [0.25, 0.3) is 5.69 Å². The van der Waals surface area contributed by atoms with Crippen LogP contribution in [0.3, 0.4) is 0 Å². The summed E-state index contributed by atoms with van der Waals surface area (Å²) in [7, 11) is 0. The van der Waals surface area contributed by atoms with Gasteiger partial charge in [-0.05, 0) is 38.1 Å². The van der Waals surface area contributed by atoms with Gasteiger partial charge in [0.25, 0.3) is 5.91 Å². The van der Waals surface area contributed by atoms with E-state index in [0.29, 0.717) is 35.7 Å². The third-order valence-corrected chi connectivity index (χ3v) is 4.95. The van der Waals surface area contributed by atoms with E-state index < -0.39 is 0 Å². The molecule has 3 heterocycles. The number of hydrogen-bond donors (Lipinski definition) is 0. The maximum Gasteiger partial charge on any atom is 0.256 e. The molecular formula is C21H21N7O2. The van der Waals surface area contributed by atoms with Crippen LogP contribution in [0.2, 0.25) is 0 Å². The summed E-state index contributed by atoms with van der Waals surface area (Å²) in [4.78, 5) is 27.0. The van der Waals surface area contributed by atoms with Gasteiger partial charge in [0.2, 0.25) is 0 Å². The van der Waals surface area contributed by atoms with Gasteiger partial charge in [-0.3, -0.25) is 9.63 Å². The van der Waals surface area contributed by atoms with E-state index in [1.54, 1.807) is 40.6 Å². The van der Waals surface area contributed by atoms with Gasteiger partial charge in [0.15, 0.2) is 5.82 Å². The van der Waals surface area contributed by atoms with Crippen LogP contribution in [0.1, 0.15) is 28.5 Å². The molecule has 1 aliphatic rings. The van der Waals surface area contributed by atoms with Crippen LogP contribution in [-0.2, 0) is 4.84 Å². The van der Waals surface area contributed by atoms with E-state index in [1.807, 2.05) is 32.0 Å². The molecule has 9 nitrogen and oxygen atoms in total. The van der Waals surface area contributed by atoms with Crippen LogP contribution in [0.5, 0.6) is 0 Å². The van der Waals surface area contributed by atoms with Crippen LogP contribution < -0.4 is 5.06 Å². The number of aromatic nitrogens is 4. The molecule has 4 rings (SSSR count). The van der Waals surface area contributed by atoms with E-state index in [9.17, 15) is 10.1 Å². The lowest BCUT2D eigenvalue weighted by molar-refractivity contribution is 0.0599. The van der Waals surface area contributed by atoms with Gasteiger partial charge in [-0.25, -0.2) is 10.0 Å². The van der Waals surface area contributed by atoms with Gasteiger partial charge in [0, 0.05) is 12.2 Å². The predicted molar refractivity (Wildman–Crippen MR) is 109 cm³/mol. The number of pyridine rings is 1. The molecule has 2 aromatic heterocycles. The number of benzene rings is 1. The fourth-order valence-corrected chi connectivity index (χ4v) is 3.38. The van der Waals surface area contributed by atoms with Gasteiger partial charge in [-0.2, -0.15) is 20.3 Å². The van der Waals surface area contributed by atoms with Crippen molar-refractivity contribution in [3.8, 4) is 11.8 Å². The lowest BCUT2D eigenvalue weighted by Crippen LogP contribution is -2.41. The fraction of sp³-hybridized carbons (Fsp3) is 0.286. The second-order valence-corrected chi connectivity index (χ2v) is 7.02. The summed E-state index contributed by atoms with van der Waals surface area (Å²) < 4.78 is 0. The number of nitrogens with zero attached hydrogens (tertiary/aromatic N) is 7. The Hall–Kier alpha value is -3.77. The number of aryl methyl sites for hydroxylation is 1. The molecule has 9 heteroatoms. The highest BCUT2D eigenvalue weighted by Crippen LogP contribution is 2.23. The van der Waals surface area contributed by atoms with E-state index in [2.05, 4.69) is 21.3 Å². The first-order valence-corrected chi connectivity index (χ1v) is 9.63. The number of carbonyl (C=O) groups is 1. The minimum atomic E-state index is -0.170. The van der Waals surface area contributed by atoms with Crippen molar-refractivity contribution in [2.75, 3.05) is 24.8 Å². The van der Waals surface area contributed by atoms with E-state index in [1.165, 1.54) is 4.80 Å². The molecule has 0 unspecified atom stereocenters. The van der Waals surface area contributed by atoms with Crippen LogP contribution >= 0.6 is 0 Å². The molecule has 0 radical (unpaired) electrons. The zero-order valence-corrected chi connectivity index (χ0v) is 16.8. The number of hydroxylamine groups is 1. The van der Waals surface area contributed by atoms with E-state index in [-0.39, 0.29) is 18.6 Å². The Bertz CT molecular complexity index is 1090. The van der Waals surface area contributed by atoms with Gasteiger partial charge >= 0.3 is 0 Å². The Morgan fingerprint density at radius 2 is 1.93 bits per heavy atom. The number of carbonyl (C=O) groups excluding carboxylic acids is 1. The number of hydrogen-bond acceptors (Lipinski definition) is 7. The van der Waals surface area contributed by atoms with Crippen LogP contribution in [0.15, 0.2) is 48.8 Å². The second kappa shape index (κ2) is 8.31. The van der Waals surface area contributed by atoms with Crippen molar-refractivity contribution in [2.45, 2.75) is 19.9 Å². The molecule has 0 N–H and O–H groups in total. The summed E-state index contributed by atoms with van der Waals surface area (Å²) in [6.45, 7) is 4.89. The summed E-state index contributed by atoms with van der Waals surface area (Å²) in [5.74, 6) is 0.346. The van der Waals surface area contributed by atoms with Crippen molar-refractivity contribution in [1.82, 2.24) is 24.9 Å². The summed E-state index contributed by atoms with van der Waals surface area (Å²) in [6.07, 6.45) is 3.15. The first kappa shape index (κ1) is 19.5. The molecule has 0 aliphatic carbocycles. The van der Waals surface area contributed by atoms with Gasteiger partial charge in [-0.1, -0.05) is 12.1 Å². The van der Waals surface area contributed by atoms with Gasteiger partial charge < -0.3 is 4.90 Å². The number of amides is 1.